The topological polar surface area (TPSA) is 101 Å². The monoisotopic (exact) mass is 306 g/mol. The third kappa shape index (κ3) is 2.38. The van der Waals surface area contributed by atoms with Crippen molar-refractivity contribution < 1.29 is 8.42 Å². The largest absolute Gasteiger partial charge is 0.396 e. The van der Waals surface area contributed by atoms with Crippen LogP contribution in [0.3, 0.4) is 0 Å². The van der Waals surface area contributed by atoms with Gasteiger partial charge in [-0.25, -0.2) is 8.42 Å². The maximum Gasteiger partial charge on any atom is 0.263 e. The summed E-state index contributed by atoms with van der Waals surface area (Å²) in [7, 11) is -3.83. The number of nitrogens with zero attached hydrogens (tertiary/aromatic N) is 1. The molecule has 2 aromatic rings. The van der Waals surface area contributed by atoms with Crippen molar-refractivity contribution in [3.63, 3.8) is 0 Å². The number of nitrogens with two attached hydrogens (primary N) is 1. The predicted octanol–water partition coefficient (Wildman–Crippen LogP) is 2.10. The van der Waals surface area contributed by atoms with Gasteiger partial charge in [0.2, 0.25) is 0 Å². The molecule has 1 aromatic carbocycles. The minimum absolute atomic E-state index is 0.0217. The molecular formula is C9H8Cl2N4O2S. The highest BCUT2D eigenvalue weighted by Crippen LogP contribution is 2.33. The van der Waals surface area contributed by atoms with Crippen LogP contribution in [0.4, 0.5) is 11.4 Å². The third-order valence-corrected chi connectivity index (χ3v) is 4.40. The number of anilines is 2. The average molecular weight is 307 g/mol. The maximum atomic E-state index is 12.0. The standard InChI is InChI=1S/C9H8Cl2N4O2S/c10-6-1-2-7(8(11)9(6)12)18(16,17)15-5-3-13-14-4-5/h1-4,15H,12H2,(H,13,14). The molecule has 0 amide bonds. The second-order valence-corrected chi connectivity index (χ2v) is 5.80. The van der Waals surface area contributed by atoms with Crippen molar-refractivity contribution in [1.82, 2.24) is 10.2 Å². The highest BCUT2D eigenvalue weighted by Gasteiger charge is 2.21. The van der Waals surface area contributed by atoms with E-state index >= 15 is 0 Å². The summed E-state index contributed by atoms with van der Waals surface area (Å²) in [6.45, 7) is 0. The Balaban J connectivity index is 2.45. The van der Waals surface area contributed by atoms with Crippen LogP contribution >= 0.6 is 23.2 Å². The summed E-state index contributed by atoms with van der Waals surface area (Å²) < 4.78 is 26.4. The molecule has 2 rings (SSSR count). The van der Waals surface area contributed by atoms with Gasteiger partial charge in [-0.3, -0.25) is 9.82 Å². The van der Waals surface area contributed by atoms with E-state index in [1.807, 2.05) is 0 Å². The first-order valence-corrected chi connectivity index (χ1v) is 6.91. The second-order valence-electron chi connectivity index (χ2n) is 3.37. The molecule has 0 spiro atoms. The molecule has 96 valence electrons. The molecule has 1 aromatic heterocycles. The van der Waals surface area contributed by atoms with Gasteiger partial charge < -0.3 is 5.73 Å². The zero-order valence-corrected chi connectivity index (χ0v) is 11.1. The number of nitrogen functional groups attached to an aromatic ring is 1. The van der Waals surface area contributed by atoms with Crippen LogP contribution in [-0.4, -0.2) is 18.6 Å². The fraction of sp³-hybridized carbons (Fsp3) is 0. The van der Waals surface area contributed by atoms with Crippen LogP contribution in [0.5, 0.6) is 0 Å². The first kappa shape index (κ1) is 13.0. The van der Waals surface area contributed by atoms with Gasteiger partial charge in [-0.2, -0.15) is 5.10 Å². The molecule has 0 saturated carbocycles. The van der Waals surface area contributed by atoms with Crippen molar-refractivity contribution in [3.8, 4) is 0 Å². The van der Waals surface area contributed by atoms with Crippen LogP contribution in [-0.2, 0) is 10.0 Å². The average Bonchev–Trinajstić information content (AvgIpc) is 2.77. The van der Waals surface area contributed by atoms with Gasteiger partial charge in [0.15, 0.2) is 0 Å². The highest BCUT2D eigenvalue weighted by atomic mass is 35.5. The van der Waals surface area contributed by atoms with Crippen LogP contribution in [0.1, 0.15) is 0 Å². The molecule has 6 nitrogen and oxygen atoms in total. The van der Waals surface area contributed by atoms with E-state index in [9.17, 15) is 8.42 Å². The number of hydrogen-bond acceptors (Lipinski definition) is 4. The van der Waals surface area contributed by atoms with Crippen molar-refractivity contribution in [2.75, 3.05) is 10.5 Å². The lowest BCUT2D eigenvalue weighted by Gasteiger charge is -2.10. The molecule has 0 aliphatic carbocycles. The number of sulfonamides is 1. The molecule has 18 heavy (non-hydrogen) atoms. The molecular weight excluding hydrogens is 299 g/mol. The van der Waals surface area contributed by atoms with Crippen molar-refractivity contribution >= 4 is 44.6 Å². The summed E-state index contributed by atoms with van der Waals surface area (Å²) in [6.07, 6.45) is 2.72. The molecule has 0 fully saturated rings. The zero-order valence-electron chi connectivity index (χ0n) is 8.81. The van der Waals surface area contributed by atoms with Crippen LogP contribution < -0.4 is 10.5 Å². The van der Waals surface area contributed by atoms with Crippen LogP contribution in [0.25, 0.3) is 0 Å². The Morgan fingerprint density at radius 3 is 2.67 bits per heavy atom. The lowest BCUT2D eigenvalue weighted by Crippen LogP contribution is -2.13. The zero-order chi connectivity index (χ0) is 13.3. The number of aromatic amines is 1. The van der Waals surface area contributed by atoms with Crippen molar-refractivity contribution in [2.45, 2.75) is 4.90 Å². The van der Waals surface area contributed by atoms with Gasteiger partial charge in [0.25, 0.3) is 10.0 Å². The van der Waals surface area contributed by atoms with Crippen LogP contribution in [0.2, 0.25) is 10.0 Å². The minimum Gasteiger partial charge on any atom is -0.396 e. The molecule has 0 unspecified atom stereocenters. The summed E-state index contributed by atoms with van der Waals surface area (Å²) in [4.78, 5) is -0.146. The molecule has 0 radical (unpaired) electrons. The van der Waals surface area contributed by atoms with Crippen LogP contribution in [0.15, 0.2) is 29.4 Å². The fourth-order valence-corrected chi connectivity index (χ4v) is 3.07. The summed E-state index contributed by atoms with van der Waals surface area (Å²) >= 11 is 11.6. The number of aromatic nitrogens is 2. The van der Waals surface area contributed by atoms with E-state index in [4.69, 9.17) is 28.9 Å². The molecule has 0 atom stereocenters. The first-order chi connectivity index (χ1) is 8.42. The highest BCUT2D eigenvalue weighted by molar-refractivity contribution is 7.92. The predicted molar refractivity (Wildman–Crippen MR) is 70.3 cm³/mol. The van der Waals surface area contributed by atoms with Crippen molar-refractivity contribution in [3.05, 3.63) is 34.6 Å². The smallest absolute Gasteiger partial charge is 0.263 e. The Labute approximate surface area is 113 Å². The maximum absolute atomic E-state index is 12.0. The van der Waals surface area contributed by atoms with Gasteiger partial charge >= 0.3 is 0 Å². The van der Waals surface area contributed by atoms with E-state index in [0.29, 0.717) is 5.69 Å². The molecule has 0 aliphatic heterocycles. The van der Waals surface area contributed by atoms with E-state index in [1.54, 1.807) is 0 Å². The quantitative estimate of drug-likeness (QED) is 0.756. The fourth-order valence-electron chi connectivity index (χ4n) is 1.27. The molecule has 4 N–H and O–H groups in total. The Morgan fingerprint density at radius 1 is 1.33 bits per heavy atom. The van der Waals surface area contributed by atoms with Crippen LogP contribution in [0, 0.1) is 0 Å². The lowest BCUT2D eigenvalue weighted by atomic mass is 10.3. The van der Waals surface area contributed by atoms with Gasteiger partial charge in [0.05, 0.1) is 27.6 Å². The normalized spacial score (nSPS) is 11.4. The van der Waals surface area contributed by atoms with E-state index < -0.39 is 10.0 Å². The molecule has 1 heterocycles. The summed E-state index contributed by atoms with van der Waals surface area (Å²) in [5, 5.41) is 6.19. The Morgan fingerprint density at radius 2 is 2.06 bits per heavy atom. The van der Waals surface area contributed by atoms with Gasteiger partial charge in [-0.15, -0.1) is 0 Å². The van der Waals surface area contributed by atoms with Crippen molar-refractivity contribution in [2.24, 2.45) is 0 Å². The van der Waals surface area contributed by atoms with Crippen molar-refractivity contribution in [1.29, 1.82) is 0 Å². The third-order valence-electron chi connectivity index (χ3n) is 2.13. The Kier molecular flexibility index (Phi) is 3.38. The molecule has 9 heteroatoms. The number of hydrogen-bond donors (Lipinski definition) is 3. The Bertz CT molecular complexity index is 670. The number of halogens is 2. The lowest BCUT2D eigenvalue weighted by molar-refractivity contribution is 0.601. The van der Waals surface area contributed by atoms with E-state index in [2.05, 4.69) is 14.9 Å². The van der Waals surface area contributed by atoms with E-state index in [-0.39, 0.29) is 20.6 Å². The summed E-state index contributed by atoms with van der Waals surface area (Å²) in [5.41, 5.74) is 5.89. The molecule has 0 aliphatic rings. The number of benzene rings is 1. The number of H-pyrrole nitrogens is 1. The van der Waals surface area contributed by atoms with E-state index in [0.717, 1.165) is 0 Å². The SMILES string of the molecule is Nc1c(Cl)ccc(S(=O)(=O)Nc2cn[nH]c2)c1Cl. The van der Waals surface area contributed by atoms with Gasteiger partial charge in [0.1, 0.15) is 4.90 Å². The summed E-state index contributed by atoms with van der Waals surface area (Å²) in [6, 6.07) is 2.65. The van der Waals surface area contributed by atoms with Gasteiger partial charge in [-0.1, -0.05) is 23.2 Å². The van der Waals surface area contributed by atoms with E-state index in [1.165, 1.54) is 24.5 Å². The second kappa shape index (κ2) is 4.68. The summed E-state index contributed by atoms with van der Waals surface area (Å²) in [5.74, 6) is 0. The number of nitrogens with one attached hydrogen (secondary N) is 2. The molecule has 0 saturated heterocycles. The molecule has 0 bridgehead atoms. The minimum atomic E-state index is -3.83. The van der Waals surface area contributed by atoms with Gasteiger partial charge in [0, 0.05) is 6.20 Å². The Hall–Kier alpha value is -1.44. The number of rotatable bonds is 3. The van der Waals surface area contributed by atoms with Gasteiger partial charge in [-0.05, 0) is 12.1 Å². The first-order valence-electron chi connectivity index (χ1n) is 4.67.